The van der Waals surface area contributed by atoms with Crippen LogP contribution in [0.4, 0.5) is 0 Å². The molecule has 2 heterocycles. The number of benzene rings is 2. The van der Waals surface area contributed by atoms with Gasteiger partial charge in [-0.3, -0.25) is 0 Å². The van der Waals surface area contributed by atoms with E-state index in [0.29, 0.717) is 23.8 Å². The van der Waals surface area contributed by atoms with Gasteiger partial charge in [-0.05, 0) is 23.8 Å². The molecule has 4 aromatic rings. The molecule has 0 aliphatic rings. The molecule has 4 heteroatoms. The van der Waals surface area contributed by atoms with Crippen LogP contribution in [0, 0.1) is 0 Å². The van der Waals surface area contributed by atoms with Gasteiger partial charge in [0.05, 0.1) is 6.26 Å². The van der Waals surface area contributed by atoms with Crippen LogP contribution in [0.3, 0.4) is 0 Å². The molecule has 0 atom stereocenters. The van der Waals surface area contributed by atoms with Gasteiger partial charge in [-0.2, -0.15) is 0 Å². The third kappa shape index (κ3) is 2.94. The van der Waals surface area contributed by atoms with Crippen LogP contribution in [-0.2, 0) is 6.61 Å². The number of nitrogens with zero attached hydrogens (tertiary/aromatic N) is 1. The Morgan fingerprint density at radius 3 is 2.50 bits per heavy atom. The Balaban J connectivity index is 1.53. The smallest absolute Gasteiger partial charge is 0.202 e. The minimum atomic E-state index is 0.327. The molecule has 4 rings (SSSR count). The van der Waals surface area contributed by atoms with E-state index >= 15 is 0 Å². The van der Waals surface area contributed by atoms with Gasteiger partial charge in [-0.25, -0.2) is 0 Å². The highest BCUT2D eigenvalue weighted by Gasteiger charge is 2.11. The van der Waals surface area contributed by atoms with E-state index in [-0.39, 0.29) is 0 Å². The van der Waals surface area contributed by atoms with Gasteiger partial charge in [-0.1, -0.05) is 53.7 Å². The van der Waals surface area contributed by atoms with Crippen molar-refractivity contribution in [1.82, 2.24) is 5.16 Å². The summed E-state index contributed by atoms with van der Waals surface area (Å²) < 4.78 is 16.5. The molecule has 0 fully saturated rings. The van der Waals surface area contributed by atoms with Crippen LogP contribution in [0.5, 0.6) is 5.75 Å². The Kier molecular flexibility index (Phi) is 3.86. The van der Waals surface area contributed by atoms with Crippen molar-refractivity contribution in [3.63, 3.8) is 0 Å². The summed E-state index contributed by atoms with van der Waals surface area (Å²) in [6.45, 7) is 0.327. The van der Waals surface area contributed by atoms with E-state index < -0.39 is 0 Å². The number of para-hydroxylation sites is 1. The van der Waals surface area contributed by atoms with E-state index in [0.717, 1.165) is 16.9 Å². The van der Waals surface area contributed by atoms with Crippen LogP contribution in [-0.4, -0.2) is 5.16 Å². The number of rotatable bonds is 5. The number of aromatic nitrogens is 1. The van der Waals surface area contributed by atoms with Gasteiger partial charge in [0.2, 0.25) is 5.76 Å². The molecular formula is C20H15NO3. The molecule has 118 valence electrons. The minimum Gasteiger partial charge on any atom is -0.487 e. The maximum Gasteiger partial charge on any atom is 0.202 e. The van der Waals surface area contributed by atoms with Crippen molar-refractivity contribution in [3.8, 4) is 28.4 Å². The van der Waals surface area contributed by atoms with Crippen molar-refractivity contribution in [3.05, 3.63) is 84.8 Å². The molecule has 4 nitrogen and oxygen atoms in total. The van der Waals surface area contributed by atoms with Crippen LogP contribution in [0.1, 0.15) is 5.69 Å². The number of hydrogen-bond donors (Lipinski definition) is 0. The summed E-state index contributed by atoms with van der Waals surface area (Å²) in [4.78, 5) is 0. The lowest BCUT2D eigenvalue weighted by molar-refractivity contribution is 0.291. The normalized spacial score (nSPS) is 10.7. The summed E-state index contributed by atoms with van der Waals surface area (Å²) in [5, 5.41) is 4.03. The fraction of sp³-hybridized carbons (Fsp3) is 0.0500. The lowest BCUT2D eigenvalue weighted by atomic mass is 10.1. The largest absolute Gasteiger partial charge is 0.487 e. The number of furan rings is 1. The van der Waals surface area contributed by atoms with Gasteiger partial charge in [0.15, 0.2) is 5.76 Å². The highest BCUT2D eigenvalue weighted by molar-refractivity contribution is 5.70. The standard InChI is InChI=1S/C20H15NO3/c1-2-7-15(8-3-1)17-9-4-5-10-18(17)23-14-16-13-20(24-21-16)19-11-6-12-22-19/h1-13H,14H2. The van der Waals surface area contributed by atoms with Crippen LogP contribution < -0.4 is 4.74 Å². The second kappa shape index (κ2) is 6.46. The van der Waals surface area contributed by atoms with Crippen molar-refractivity contribution in [2.24, 2.45) is 0 Å². The molecule has 0 spiro atoms. The summed E-state index contributed by atoms with van der Waals surface area (Å²) in [5.74, 6) is 2.06. The predicted octanol–water partition coefficient (Wildman–Crippen LogP) is 5.18. The molecular weight excluding hydrogens is 302 g/mol. The molecule has 2 aromatic carbocycles. The van der Waals surface area contributed by atoms with Crippen molar-refractivity contribution < 1.29 is 13.7 Å². The maximum absolute atomic E-state index is 5.96. The van der Waals surface area contributed by atoms with Gasteiger partial charge in [-0.15, -0.1) is 0 Å². The van der Waals surface area contributed by atoms with E-state index in [4.69, 9.17) is 13.7 Å². The van der Waals surface area contributed by atoms with Crippen LogP contribution in [0.15, 0.2) is 88.0 Å². The van der Waals surface area contributed by atoms with Crippen molar-refractivity contribution in [1.29, 1.82) is 0 Å². The van der Waals surface area contributed by atoms with Crippen LogP contribution in [0.25, 0.3) is 22.6 Å². The first-order chi connectivity index (χ1) is 11.9. The monoisotopic (exact) mass is 317 g/mol. The zero-order valence-electron chi connectivity index (χ0n) is 12.9. The molecule has 2 aromatic heterocycles. The van der Waals surface area contributed by atoms with Gasteiger partial charge in [0, 0.05) is 11.6 Å². The fourth-order valence-electron chi connectivity index (χ4n) is 2.52. The molecule has 0 aliphatic carbocycles. The van der Waals surface area contributed by atoms with Crippen molar-refractivity contribution in [2.45, 2.75) is 6.61 Å². The molecule has 0 N–H and O–H groups in total. The second-order valence-corrected chi connectivity index (χ2v) is 5.31. The van der Waals surface area contributed by atoms with Gasteiger partial charge in [0.25, 0.3) is 0 Å². The lowest BCUT2D eigenvalue weighted by Gasteiger charge is -2.10. The summed E-state index contributed by atoms with van der Waals surface area (Å²) >= 11 is 0. The summed E-state index contributed by atoms with van der Waals surface area (Å²) in [5.41, 5.74) is 2.88. The van der Waals surface area contributed by atoms with Crippen LogP contribution in [0.2, 0.25) is 0 Å². The van der Waals surface area contributed by atoms with Gasteiger partial charge < -0.3 is 13.7 Å². The van der Waals surface area contributed by atoms with E-state index in [1.54, 1.807) is 6.26 Å². The quantitative estimate of drug-likeness (QED) is 0.509. The predicted molar refractivity (Wildman–Crippen MR) is 90.4 cm³/mol. The van der Waals surface area contributed by atoms with Crippen LogP contribution >= 0.6 is 0 Å². The van der Waals surface area contributed by atoms with Crippen molar-refractivity contribution >= 4 is 0 Å². The lowest BCUT2D eigenvalue weighted by Crippen LogP contribution is -1.97. The number of hydrogen-bond acceptors (Lipinski definition) is 4. The highest BCUT2D eigenvalue weighted by atomic mass is 16.5. The van der Waals surface area contributed by atoms with E-state index in [1.165, 1.54) is 0 Å². The third-order valence-electron chi connectivity index (χ3n) is 3.67. The fourth-order valence-corrected chi connectivity index (χ4v) is 2.52. The first-order valence-electron chi connectivity index (χ1n) is 7.67. The first kappa shape index (κ1) is 14.3. The molecule has 0 aliphatic heterocycles. The Labute approximate surface area is 139 Å². The van der Waals surface area contributed by atoms with E-state index in [2.05, 4.69) is 17.3 Å². The Hall–Kier alpha value is -3.27. The van der Waals surface area contributed by atoms with E-state index in [9.17, 15) is 0 Å². The first-order valence-corrected chi connectivity index (χ1v) is 7.67. The average Bonchev–Trinajstić information content (AvgIpc) is 3.32. The van der Waals surface area contributed by atoms with Gasteiger partial charge in [0.1, 0.15) is 18.1 Å². The Morgan fingerprint density at radius 2 is 1.67 bits per heavy atom. The van der Waals surface area contributed by atoms with Crippen molar-refractivity contribution in [2.75, 3.05) is 0 Å². The zero-order chi connectivity index (χ0) is 16.2. The minimum absolute atomic E-state index is 0.327. The van der Waals surface area contributed by atoms with E-state index in [1.807, 2.05) is 60.7 Å². The molecule has 0 saturated heterocycles. The Bertz CT molecular complexity index is 911. The highest BCUT2D eigenvalue weighted by Crippen LogP contribution is 2.30. The summed E-state index contributed by atoms with van der Waals surface area (Å²) in [7, 11) is 0. The van der Waals surface area contributed by atoms with Gasteiger partial charge >= 0.3 is 0 Å². The summed E-state index contributed by atoms with van der Waals surface area (Å²) in [6, 6.07) is 23.6. The average molecular weight is 317 g/mol. The zero-order valence-corrected chi connectivity index (χ0v) is 12.9. The summed E-state index contributed by atoms with van der Waals surface area (Å²) in [6.07, 6.45) is 1.60. The molecule has 0 amide bonds. The molecule has 0 unspecified atom stereocenters. The maximum atomic E-state index is 5.96. The molecule has 0 bridgehead atoms. The second-order valence-electron chi connectivity index (χ2n) is 5.31. The molecule has 24 heavy (non-hydrogen) atoms. The molecule has 0 saturated carbocycles. The topological polar surface area (TPSA) is 48.4 Å². The third-order valence-corrected chi connectivity index (χ3v) is 3.67. The SMILES string of the molecule is c1ccc(-c2ccccc2OCc2cc(-c3ccco3)on2)cc1. The number of ether oxygens (including phenoxy) is 1. The molecule has 0 radical (unpaired) electrons. The Morgan fingerprint density at radius 1 is 0.833 bits per heavy atom.